The minimum absolute atomic E-state index is 0.353. The topological polar surface area (TPSA) is 47.3 Å². The van der Waals surface area contributed by atoms with E-state index in [2.05, 4.69) is 18.9 Å². The van der Waals surface area contributed by atoms with Gasteiger partial charge in [0.1, 0.15) is 0 Å². The van der Waals surface area contributed by atoms with E-state index in [-0.39, 0.29) is 5.60 Å². The molecule has 1 N–H and O–H groups in total. The van der Waals surface area contributed by atoms with Gasteiger partial charge < -0.3 is 9.84 Å². The van der Waals surface area contributed by atoms with Gasteiger partial charge in [0.15, 0.2) is 0 Å². The molecule has 1 aliphatic rings. The number of nitrogens with zero attached hydrogens (tertiary/aromatic N) is 2. The van der Waals surface area contributed by atoms with E-state index in [0.29, 0.717) is 5.41 Å². The molecule has 0 saturated heterocycles. The van der Waals surface area contributed by atoms with Crippen molar-refractivity contribution in [1.29, 1.82) is 0 Å². The zero-order valence-electron chi connectivity index (χ0n) is 13.2. The van der Waals surface area contributed by atoms with Gasteiger partial charge >= 0.3 is 0 Å². The smallest absolute Gasteiger partial charge is 0.0936 e. The van der Waals surface area contributed by atoms with E-state index in [1.165, 1.54) is 0 Å². The highest BCUT2D eigenvalue weighted by molar-refractivity contribution is 5.02. The molecule has 20 heavy (non-hydrogen) atoms. The number of hydrogen-bond acceptors (Lipinski definition) is 3. The van der Waals surface area contributed by atoms with Gasteiger partial charge in [0.05, 0.1) is 11.7 Å². The van der Waals surface area contributed by atoms with Crippen molar-refractivity contribution in [1.82, 2.24) is 9.78 Å². The molecule has 0 amide bonds. The minimum atomic E-state index is -0.404. The molecule has 4 nitrogen and oxygen atoms in total. The first-order valence-corrected chi connectivity index (χ1v) is 7.59. The lowest BCUT2D eigenvalue weighted by Crippen LogP contribution is -2.48. The van der Waals surface area contributed by atoms with Crippen LogP contribution < -0.4 is 0 Å². The number of hydrogen-bond donors (Lipinski definition) is 1. The summed E-state index contributed by atoms with van der Waals surface area (Å²) in [5.74, 6) is 0. The van der Waals surface area contributed by atoms with Crippen LogP contribution in [0.25, 0.3) is 0 Å². The fourth-order valence-electron chi connectivity index (χ4n) is 3.22. The molecule has 1 unspecified atom stereocenters. The SMILES string of the molecule is COC1(C(O)CCc2ccnn2C)CCC(C)(C)CC1. The third-order valence-corrected chi connectivity index (χ3v) is 5.06. The Labute approximate surface area is 122 Å². The number of aliphatic hydroxyl groups is 1. The second-order valence-corrected chi connectivity index (χ2v) is 6.93. The number of methoxy groups -OCH3 is 1. The molecule has 1 aromatic heterocycles. The predicted octanol–water partition coefficient (Wildman–Crippen LogP) is 2.70. The van der Waals surface area contributed by atoms with E-state index in [0.717, 1.165) is 44.2 Å². The first-order valence-electron chi connectivity index (χ1n) is 7.59. The van der Waals surface area contributed by atoms with Crippen LogP contribution >= 0.6 is 0 Å². The Bertz CT molecular complexity index is 429. The van der Waals surface area contributed by atoms with Crippen molar-refractivity contribution < 1.29 is 9.84 Å². The summed E-state index contributed by atoms with van der Waals surface area (Å²) in [6, 6.07) is 2.01. The van der Waals surface area contributed by atoms with E-state index in [4.69, 9.17) is 4.74 Å². The summed E-state index contributed by atoms with van der Waals surface area (Å²) in [6.07, 6.45) is 7.09. The van der Waals surface area contributed by atoms with Crippen molar-refractivity contribution in [2.45, 2.75) is 64.1 Å². The van der Waals surface area contributed by atoms with Crippen molar-refractivity contribution >= 4 is 0 Å². The Balaban J connectivity index is 1.96. The second kappa shape index (κ2) is 5.86. The van der Waals surface area contributed by atoms with E-state index in [1.807, 2.05) is 17.8 Å². The fourth-order valence-corrected chi connectivity index (χ4v) is 3.22. The molecule has 0 spiro atoms. The molecule has 1 heterocycles. The van der Waals surface area contributed by atoms with Gasteiger partial charge in [0.2, 0.25) is 0 Å². The highest BCUT2D eigenvalue weighted by Gasteiger charge is 2.43. The van der Waals surface area contributed by atoms with Crippen molar-refractivity contribution in [3.05, 3.63) is 18.0 Å². The monoisotopic (exact) mass is 280 g/mol. The summed E-state index contributed by atoms with van der Waals surface area (Å²) in [5, 5.41) is 14.8. The molecule has 114 valence electrons. The Kier molecular flexibility index (Phi) is 4.55. The number of ether oxygens (including phenoxy) is 1. The third-order valence-electron chi connectivity index (χ3n) is 5.06. The summed E-state index contributed by atoms with van der Waals surface area (Å²) in [6.45, 7) is 4.60. The molecule has 0 aromatic carbocycles. The molecule has 1 aliphatic carbocycles. The lowest BCUT2D eigenvalue weighted by atomic mass is 9.68. The van der Waals surface area contributed by atoms with Crippen molar-refractivity contribution in [2.24, 2.45) is 12.5 Å². The van der Waals surface area contributed by atoms with Gasteiger partial charge in [-0.25, -0.2) is 0 Å². The zero-order valence-corrected chi connectivity index (χ0v) is 13.2. The lowest BCUT2D eigenvalue weighted by Gasteiger charge is -2.45. The highest BCUT2D eigenvalue weighted by atomic mass is 16.5. The average Bonchev–Trinajstić information content (AvgIpc) is 2.82. The summed E-state index contributed by atoms with van der Waals surface area (Å²) in [7, 11) is 3.68. The van der Waals surface area contributed by atoms with E-state index < -0.39 is 6.10 Å². The molecule has 0 aliphatic heterocycles. The number of rotatable bonds is 5. The summed E-state index contributed by atoms with van der Waals surface area (Å²) < 4.78 is 7.63. The van der Waals surface area contributed by atoms with Gasteiger partial charge in [-0.1, -0.05) is 13.8 Å². The van der Waals surface area contributed by atoms with Crippen LogP contribution in [0.3, 0.4) is 0 Å². The Hall–Kier alpha value is -0.870. The first kappa shape index (κ1) is 15.5. The number of aromatic nitrogens is 2. The Morgan fingerprint density at radius 3 is 2.50 bits per heavy atom. The molecule has 4 heteroatoms. The maximum Gasteiger partial charge on any atom is 0.0936 e. The average molecular weight is 280 g/mol. The molecule has 1 aromatic rings. The van der Waals surface area contributed by atoms with Crippen LogP contribution in [0.2, 0.25) is 0 Å². The quantitative estimate of drug-likeness (QED) is 0.902. The normalized spacial score (nSPS) is 22.6. The summed E-state index contributed by atoms with van der Waals surface area (Å²) in [4.78, 5) is 0. The largest absolute Gasteiger partial charge is 0.390 e. The van der Waals surface area contributed by atoms with Gasteiger partial charge in [-0.05, 0) is 50.0 Å². The van der Waals surface area contributed by atoms with Crippen LogP contribution in [-0.4, -0.2) is 33.7 Å². The van der Waals surface area contributed by atoms with Crippen LogP contribution in [0.1, 0.15) is 51.6 Å². The molecular formula is C16H28N2O2. The van der Waals surface area contributed by atoms with Crippen LogP contribution in [0.5, 0.6) is 0 Å². The minimum Gasteiger partial charge on any atom is -0.390 e. The molecule has 2 rings (SSSR count). The molecule has 1 atom stereocenters. The van der Waals surface area contributed by atoms with Gasteiger partial charge in [0, 0.05) is 26.0 Å². The van der Waals surface area contributed by atoms with Crippen LogP contribution in [0.15, 0.2) is 12.3 Å². The lowest BCUT2D eigenvalue weighted by molar-refractivity contribution is -0.137. The Morgan fingerprint density at radius 1 is 1.35 bits per heavy atom. The zero-order chi connectivity index (χ0) is 14.8. The van der Waals surface area contributed by atoms with Gasteiger partial charge in [-0.3, -0.25) is 4.68 Å². The maximum atomic E-state index is 10.6. The predicted molar refractivity (Wildman–Crippen MR) is 79.5 cm³/mol. The summed E-state index contributed by atoms with van der Waals surface area (Å²) in [5.41, 5.74) is 1.18. The van der Waals surface area contributed by atoms with Gasteiger partial charge in [0.25, 0.3) is 0 Å². The Morgan fingerprint density at radius 2 is 2.00 bits per heavy atom. The summed E-state index contributed by atoms with van der Waals surface area (Å²) >= 11 is 0. The first-order chi connectivity index (χ1) is 9.38. The van der Waals surface area contributed by atoms with E-state index >= 15 is 0 Å². The van der Waals surface area contributed by atoms with Crippen molar-refractivity contribution in [3.8, 4) is 0 Å². The maximum absolute atomic E-state index is 10.6. The molecular weight excluding hydrogens is 252 g/mol. The fraction of sp³-hybridized carbons (Fsp3) is 0.812. The molecule has 0 radical (unpaired) electrons. The van der Waals surface area contributed by atoms with Gasteiger partial charge in [-0.2, -0.15) is 5.10 Å². The third kappa shape index (κ3) is 3.23. The molecule has 0 bridgehead atoms. The molecule has 1 fully saturated rings. The second-order valence-electron chi connectivity index (χ2n) is 6.93. The van der Waals surface area contributed by atoms with Crippen molar-refractivity contribution in [2.75, 3.05) is 7.11 Å². The molecule has 1 saturated carbocycles. The van der Waals surface area contributed by atoms with Crippen LogP contribution in [0, 0.1) is 5.41 Å². The van der Waals surface area contributed by atoms with Crippen LogP contribution in [0.4, 0.5) is 0 Å². The van der Waals surface area contributed by atoms with Gasteiger partial charge in [-0.15, -0.1) is 0 Å². The number of aryl methyl sites for hydroxylation is 2. The van der Waals surface area contributed by atoms with Crippen LogP contribution in [-0.2, 0) is 18.2 Å². The van der Waals surface area contributed by atoms with E-state index in [9.17, 15) is 5.11 Å². The van der Waals surface area contributed by atoms with E-state index in [1.54, 1.807) is 13.3 Å². The number of aliphatic hydroxyl groups excluding tert-OH is 1. The standard InChI is InChI=1S/C16H28N2O2/c1-15(2)8-10-16(20-4,11-9-15)14(19)6-5-13-7-12-17-18(13)3/h7,12,14,19H,5-6,8-11H2,1-4H3. The highest BCUT2D eigenvalue weighted by Crippen LogP contribution is 2.44. The van der Waals surface area contributed by atoms with Crippen molar-refractivity contribution in [3.63, 3.8) is 0 Å².